The van der Waals surface area contributed by atoms with E-state index in [1.54, 1.807) is 22.0 Å². The van der Waals surface area contributed by atoms with Crippen LogP contribution in [-0.4, -0.2) is 33.1 Å². The quantitative estimate of drug-likeness (QED) is 0.483. The average molecular weight is 368 g/mol. The molecule has 0 bridgehead atoms. The topological polar surface area (TPSA) is 71.1 Å². The highest BCUT2D eigenvalue weighted by Crippen LogP contribution is 2.62. The van der Waals surface area contributed by atoms with Crippen LogP contribution >= 0.6 is 34.9 Å². The number of halogens is 1. The lowest BCUT2D eigenvalue weighted by Gasteiger charge is -2.41. The van der Waals surface area contributed by atoms with E-state index in [1.807, 2.05) is 0 Å². The fourth-order valence-corrected chi connectivity index (χ4v) is 4.12. The molecule has 88 valence electrons. The summed E-state index contributed by atoms with van der Waals surface area (Å²) in [5.74, 6) is 0. The van der Waals surface area contributed by atoms with Gasteiger partial charge in [-0.05, 0) is 0 Å². The van der Waals surface area contributed by atoms with Crippen molar-refractivity contribution in [3.8, 4) is 0 Å². The molecule has 0 amide bonds. The van der Waals surface area contributed by atoms with Crippen molar-refractivity contribution in [3.05, 3.63) is 0 Å². The molecule has 1 spiro atoms. The molecular weight excluding hydrogens is 357 g/mol. The van der Waals surface area contributed by atoms with Gasteiger partial charge in [-0.3, -0.25) is 4.57 Å². The van der Waals surface area contributed by atoms with E-state index < -0.39 is 18.2 Å². The van der Waals surface area contributed by atoms with Crippen molar-refractivity contribution < 1.29 is 27.2 Å². The Morgan fingerprint density at radius 3 is 1.87 bits per heavy atom. The minimum Gasteiger partial charge on any atom is -0.308 e. The van der Waals surface area contributed by atoms with Gasteiger partial charge in [0.25, 0.3) is 0 Å². The van der Waals surface area contributed by atoms with Gasteiger partial charge in [0.1, 0.15) is 0 Å². The molecule has 0 aliphatic carbocycles. The Balaban J connectivity index is 2.01. The number of hydrogen-bond acceptors (Lipinski definition) is 6. The van der Waals surface area contributed by atoms with Crippen LogP contribution in [0.5, 0.6) is 0 Å². The van der Waals surface area contributed by atoms with Crippen molar-refractivity contribution in [2.24, 2.45) is 5.41 Å². The van der Waals surface area contributed by atoms with E-state index in [2.05, 4.69) is 0 Å². The molecule has 0 atom stereocenters. The number of hydrogen-bond donors (Lipinski definition) is 0. The summed E-state index contributed by atoms with van der Waals surface area (Å²) in [5.41, 5.74) is -0.469. The first-order valence-corrected chi connectivity index (χ1v) is 10.6. The number of rotatable bonds is 0. The third-order valence-electron chi connectivity index (χ3n) is 2.26. The lowest BCUT2D eigenvalue weighted by Crippen LogP contribution is -2.45. The molecule has 0 saturated carbocycles. The SMILES string of the molecule is CP1(=O)OCC2(CO1)COP(=O)(I)OC2. The minimum atomic E-state index is -2.92. The Labute approximate surface area is 101 Å². The molecule has 0 unspecified atom stereocenters. The van der Waals surface area contributed by atoms with Crippen LogP contribution in [0.15, 0.2) is 0 Å². The van der Waals surface area contributed by atoms with Crippen LogP contribution < -0.4 is 0 Å². The predicted molar refractivity (Wildman–Crippen MR) is 61.4 cm³/mol. The Kier molecular flexibility index (Phi) is 3.37. The van der Waals surface area contributed by atoms with Crippen molar-refractivity contribution in [1.29, 1.82) is 0 Å². The largest absolute Gasteiger partial charge is 0.388 e. The van der Waals surface area contributed by atoms with Gasteiger partial charge in [0.05, 0.1) is 53.9 Å². The molecule has 6 nitrogen and oxygen atoms in total. The van der Waals surface area contributed by atoms with Crippen LogP contribution in [0.2, 0.25) is 0 Å². The summed E-state index contributed by atoms with van der Waals surface area (Å²) in [4.78, 5) is 0. The zero-order valence-corrected chi connectivity index (χ0v) is 12.0. The second-order valence-corrected chi connectivity index (χ2v) is 10.8. The molecule has 0 aromatic heterocycles. The highest BCUT2D eigenvalue weighted by atomic mass is 127. The molecule has 15 heavy (non-hydrogen) atoms. The zero-order chi connectivity index (χ0) is 11.2. The molecule has 0 N–H and O–H groups in total. The molecular formula is C6H11IO6P2. The maximum Gasteiger partial charge on any atom is 0.388 e. The third kappa shape index (κ3) is 3.03. The Bertz CT molecular complexity index is 296. The van der Waals surface area contributed by atoms with Crippen molar-refractivity contribution in [2.45, 2.75) is 0 Å². The van der Waals surface area contributed by atoms with Gasteiger partial charge in [0.2, 0.25) is 0 Å². The molecule has 2 heterocycles. The van der Waals surface area contributed by atoms with Gasteiger partial charge in [-0.1, -0.05) is 0 Å². The van der Waals surface area contributed by atoms with Gasteiger partial charge < -0.3 is 18.1 Å². The van der Waals surface area contributed by atoms with E-state index in [4.69, 9.17) is 18.1 Å². The van der Waals surface area contributed by atoms with E-state index >= 15 is 0 Å². The summed E-state index contributed by atoms with van der Waals surface area (Å²) in [7, 11) is -2.89. The van der Waals surface area contributed by atoms with Gasteiger partial charge in [0.15, 0.2) is 0 Å². The third-order valence-corrected chi connectivity index (χ3v) is 6.00. The second kappa shape index (κ2) is 4.05. The molecule has 2 aliphatic heterocycles. The maximum atomic E-state index is 11.4. The second-order valence-electron chi connectivity index (χ2n) is 3.80. The summed E-state index contributed by atoms with van der Waals surface area (Å²) < 4.78 is 43.2. The van der Waals surface area contributed by atoms with Gasteiger partial charge in [0, 0.05) is 6.66 Å². The maximum absolute atomic E-state index is 11.4. The molecule has 0 radical (unpaired) electrons. The van der Waals surface area contributed by atoms with E-state index in [0.717, 1.165) is 0 Å². The molecule has 0 aromatic carbocycles. The van der Waals surface area contributed by atoms with Gasteiger partial charge in [-0.25, -0.2) is 4.57 Å². The first-order chi connectivity index (χ1) is 6.83. The van der Waals surface area contributed by atoms with Crippen molar-refractivity contribution in [3.63, 3.8) is 0 Å². The highest BCUT2D eigenvalue weighted by molar-refractivity contribution is 14.2. The van der Waals surface area contributed by atoms with Crippen molar-refractivity contribution >= 4 is 34.9 Å². The first-order valence-electron chi connectivity index (χ1n) is 4.28. The molecule has 0 aromatic rings. The molecule has 2 fully saturated rings. The van der Waals surface area contributed by atoms with Crippen LogP contribution in [0, 0.1) is 5.41 Å². The lowest BCUT2D eigenvalue weighted by molar-refractivity contribution is -0.0633. The standard InChI is InChI=1S/C6H11IO6P2/c1-14(8)10-2-6(3-11-14)4-12-15(7,9)13-5-6/h2-5H2,1H3. The van der Waals surface area contributed by atoms with Gasteiger partial charge >= 0.3 is 12.8 Å². The van der Waals surface area contributed by atoms with Crippen LogP contribution in [0.3, 0.4) is 0 Å². The van der Waals surface area contributed by atoms with Crippen LogP contribution in [-0.2, 0) is 27.2 Å². The van der Waals surface area contributed by atoms with Crippen molar-refractivity contribution in [1.82, 2.24) is 0 Å². The van der Waals surface area contributed by atoms with Gasteiger partial charge in [-0.15, -0.1) is 0 Å². The summed E-state index contributed by atoms with van der Waals surface area (Å²) >= 11 is 1.65. The monoisotopic (exact) mass is 368 g/mol. The zero-order valence-electron chi connectivity index (χ0n) is 8.05. The fourth-order valence-electron chi connectivity index (χ4n) is 1.26. The molecule has 2 rings (SSSR count). The van der Waals surface area contributed by atoms with Crippen LogP contribution in [0.4, 0.5) is 0 Å². The van der Waals surface area contributed by atoms with E-state index in [0.29, 0.717) is 0 Å². The minimum absolute atomic E-state index is 0.243. The Morgan fingerprint density at radius 1 is 1.00 bits per heavy atom. The lowest BCUT2D eigenvalue weighted by atomic mass is 9.93. The summed E-state index contributed by atoms with van der Waals surface area (Å²) in [6.07, 6.45) is 0. The average Bonchev–Trinajstić information content (AvgIpc) is 2.15. The van der Waals surface area contributed by atoms with Crippen LogP contribution in [0.1, 0.15) is 0 Å². The summed E-state index contributed by atoms with van der Waals surface area (Å²) in [5, 5.41) is -2.92. The highest BCUT2D eigenvalue weighted by Gasteiger charge is 2.46. The molecule has 2 aliphatic rings. The predicted octanol–water partition coefficient (Wildman–Crippen LogP) is 2.43. The van der Waals surface area contributed by atoms with Crippen LogP contribution in [0.25, 0.3) is 0 Å². The Morgan fingerprint density at radius 2 is 1.40 bits per heavy atom. The fraction of sp³-hybridized carbons (Fsp3) is 1.00. The first kappa shape index (κ1) is 12.5. The molecule has 9 heteroatoms. The smallest absolute Gasteiger partial charge is 0.308 e. The normalized spacial score (nSPS) is 51.9. The van der Waals surface area contributed by atoms with E-state index in [-0.39, 0.29) is 26.4 Å². The molecule has 2 saturated heterocycles. The van der Waals surface area contributed by atoms with Gasteiger partial charge in [-0.2, -0.15) is 0 Å². The summed E-state index contributed by atoms with van der Waals surface area (Å²) in [6.45, 7) is 2.41. The Hall–Kier alpha value is 1.03. The van der Waals surface area contributed by atoms with Crippen molar-refractivity contribution in [2.75, 3.05) is 33.1 Å². The van der Waals surface area contributed by atoms with E-state index in [1.165, 1.54) is 6.66 Å². The summed E-state index contributed by atoms with van der Waals surface area (Å²) in [6, 6.07) is 0. The van der Waals surface area contributed by atoms with E-state index in [9.17, 15) is 9.13 Å².